The molecule has 5 aliphatic carbocycles. The third-order valence-electron chi connectivity index (χ3n) is 16.9. The average Bonchev–Trinajstić information content (AvgIpc) is 3.68. The Kier molecular flexibility index (Phi) is 19.6. The number of fused-ring (bicyclic) bond motifs is 5. The van der Waals surface area contributed by atoms with Crippen LogP contribution in [0.3, 0.4) is 0 Å². The van der Waals surface area contributed by atoms with E-state index in [-0.39, 0.29) is 35.8 Å². The van der Waals surface area contributed by atoms with Gasteiger partial charge in [0.15, 0.2) is 25.0 Å². The first-order valence-corrected chi connectivity index (χ1v) is 37.4. The van der Waals surface area contributed by atoms with Crippen LogP contribution in [0.4, 0.5) is 0 Å². The fourth-order valence-corrected chi connectivity index (χ4v) is 17.5. The number of carbonyl (C=O) groups excluding carboxylic acids is 1. The Bertz CT molecular complexity index is 1550. The van der Waals surface area contributed by atoms with Gasteiger partial charge in [-0.15, -0.1) is 0 Å². The fourth-order valence-electron chi connectivity index (χ4n) is 14.1. The summed E-state index contributed by atoms with van der Waals surface area (Å²) in [6.07, 6.45) is 36.0. The lowest BCUT2D eigenvalue weighted by atomic mass is 9.47. The van der Waals surface area contributed by atoms with Gasteiger partial charge in [-0.2, -0.15) is 0 Å². The van der Waals surface area contributed by atoms with Crippen LogP contribution in [0.25, 0.3) is 0 Å². The lowest BCUT2D eigenvalue weighted by Crippen LogP contribution is -2.51. The molecule has 8 heteroatoms. The lowest BCUT2D eigenvalue weighted by molar-refractivity contribution is -0.151. The van der Waals surface area contributed by atoms with E-state index in [2.05, 4.69) is 131 Å². The van der Waals surface area contributed by atoms with E-state index in [1.807, 2.05) is 0 Å². The minimum absolute atomic E-state index is 0.00538. The van der Waals surface area contributed by atoms with Gasteiger partial charge in [0.05, 0.1) is 18.3 Å². The first-order valence-electron chi connectivity index (χ1n) is 27.2. The molecule has 4 saturated carbocycles. The van der Waals surface area contributed by atoms with E-state index in [1.54, 1.807) is 5.57 Å². The molecule has 368 valence electrons. The molecule has 0 bridgehead atoms. The first-order chi connectivity index (χ1) is 29.9. The van der Waals surface area contributed by atoms with Crippen molar-refractivity contribution in [2.75, 3.05) is 0 Å². The van der Waals surface area contributed by atoms with E-state index in [4.69, 9.17) is 18.0 Å². The molecule has 0 N–H and O–H groups in total. The van der Waals surface area contributed by atoms with Crippen LogP contribution in [0.2, 0.25) is 58.9 Å². The van der Waals surface area contributed by atoms with E-state index in [1.165, 1.54) is 77.0 Å². The predicted octanol–water partition coefficient (Wildman–Crippen LogP) is 16.5. The summed E-state index contributed by atoms with van der Waals surface area (Å²) < 4.78 is 26.9. The maximum atomic E-state index is 13.3. The van der Waals surface area contributed by atoms with Crippen molar-refractivity contribution in [3.05, 3.63) is 36.0 Å². The van der Waals surface area contributed by atoms with E-state index in [9.17, 15) is 4.79 Å². The number of unbranched alkanes of at least 4 members (excludes halogenated alkanes) is 3. The number of carbonyl (C=O) groups is 1. The van der Waals surface area contributed by atoms with E-state index >= 15 is 0 Å². The second kappa shape index (κ2) is 23.2. The summed E-state index contributed by atoms with van der Waals surface area (Å²) >= 11 is 0. The molecular weight excluding hydrogens is 837 g/mol. The summed E-state index contributed by atoms with van der Waals surface area (Å²) in [5.41, 5.74) is 2.42. The molecule has 0 amide bonds. The highest BCUT2D eigenvalue weighted by molar-refractivity contribution is 6.70. The smallest absolute Gasteiger partial charge is 0.306 e. The van der Waals surface area contributed by atoms with Gasteiger partial charge in [-0.05, 0) is 188 Å². The molecule has 64 heavy (non-hydrogen) atoms. The van der Waals surface area contributed by atoms with Crippen molar-refractivity contribution in [1.29, 1.82) is 0 Å². The minimum atomic E-state index is -1.78. The van der Waals surface area contributed by atoms with Gasteiger partial charge in [0.25, 0.3) is 0 Å². The second-order valence-corrected chi connectivity index (χ2v) is 39.3. The average molecular weight is 940 g/mol. The molecule has 0 unspecified atom stereocenters. The third-order valence-corrected chi connectivity index (χ3v) is 19.9. The Balaban J connectivity index is 1.14. The van der Waals surface area contributed by atoms with E-state index in [0.717, 1.165) is 80.5 Å². The number of allylic oxidation sites excluding steroid dienone is 3. The standard InChI is InChI=1S/C56H102O5Si3/c1-16-17-20-26-44(59-62(7,8)9)30-32-47-46(52(60-63(10,11)12)40-53(47)61-64(13,14)15)27-21-18-19-22-28-54(57)58-45-35-37-55(5)43(39-45)29-31-48-50-34-33-49(42(4)25-23-24-41(2)3)56(50,6)38-36-51(48)55/h18,21,29-30,32,41-42,44-53H,16-17,19-20,22-28,31,33-40H2,1-15H3/b21-18-,32-30+/t42-,44+,45+,46+,47+,48+,49-,50+,51+,52+,53-,55+,56-/m1/s1. The van der Waals surface area contributed by atoms with Gasteiger partial charge in [-0.3, -0.25) is 4.79 Å². The Morgan fingerprint density at radius 1 is 0.797 bits per heavy atom. The van der Waals surface area contributed by atoms with Crippen molar-refractivity contribution in [3.63, 3.8) is 0 Å². The maximum Gasteiger partial charge on any atom is 0.306 e. The highest BCUT2D eigenvalue weighted by atomic mass is 28.4. The molecule has 0 radical (unpaired) electrons. The van der Waals surface area contributed by atoms with Crippen molar-refractivity contribution in [1.82, 2.24) is 0 Å². The summed E-state index contributed by atoms with van der Waals surface area (Å²) in [4.78, 5) is 13.3. The van der Waals surface area contributed by atoms with Crippen molar-refractivity contribution in [2.24, 2.45) is 58.2 Å². The van der Waals surface area contributed by atoms with Crippen molar-refractivity contribution < 1.29 is 22.8 Å². The molecule has 0 aromatic heterocycles. The van der Waals surface area contributed by atoms with E-state index in [0.29, 0.717) is 23.7 Å². The summed E-state index contributed by atoms with van der Waals surface area (Å²) in [5.74, 6) is 5.74. The number of rotatable bonds is 24. The molecule has 5 rings (SSSR count). The van der Waals surface area contributed by atoms with Gasteiger partial charge in [-0.25, -0.2) is 0 Å². The summed E-state index contributed by atoms with van der Waals surface area (Å²) in [6.45, 7) is 35.8. The maximum absolute atomic E-state index is 13.3. The zero-order valence-electron chi connectivity index (χ0n) is 44.5. The van der Waals surface area contributed by atoms with Crippen LogP contribution >= 0.6 is 0 Å². The number of hydrogen-bond acceptors (Lipinski definition) is 5. The highest BCUT2D eigenvalue weighted by Crippen LogP contribution is 2.67. The van der Waals surface area contributed by atoms with Gasteiger partial charge < -0.3 is 18.0 Å². The van der Waals surface area contributed by atoms with Crippen molar-refractivity contribution >= 4 is 30.9 Å². The van der Waals surface area contributed by atoms with Crippen LogP contribution in [-0.2, 0) is 22.8 Å². The number of hydrogen-bond donors (Lipinski definition) is 0. The first kappa shape index (κ1) is 54.2. The molecule has 13 atom stereocenters. The molecule has 0 aromatic rings. The molecule has 0 spiro atoms. The highest BCUT2D eigenvalue weighted by Gasteiger charge is 2.59. The van der Waals surface area contributed by atoms with Gasteiger partial charge in [-0.1, -0.05) is 116 Å². The Morgan fingerprint density at radius 2 is 1.52 bits per heavy atom. The Labute approximate surface area is 399 Å². The van der Waals surface area contributed by atoms with Gasteiger partial charge in [0.1, 0.15) is 6.10 Å². The molecule has 0 saturated heterocycles. The summed E-state index contributed by atoms with van der Waals surface area (Å²) in [7, 11) is -5.27. The molecule has 0 heterocycles. The van der Waals surface area contributed by atoms with Crippen LogP contribution in [-0.4, -0.2) is 55.3 Å². The Morgan fingerprint density at radius 3 is 2.19 bits per heavy atom. The predicted molar refractivity (Wildman–Crippen MR) is 280 cm³/mol. The van der Waals surface area contributed by atoms with Crippen LogP contribution in [0.1, 0.15) is 170 Å². The normalized spacial score (nSPS) is 34.5. The largest absolute Gasteiger partial charge is 0.462 e. The van der Waals surface area contributed by atoms with Crippen LogP contribution in [0.5, 0.6) is 0 Å². The zero-order valence-corrected chi connectivity index (χ0v) is 47.5. The van der Waals surface area contributed by atoms with Crippen molar-refractivity contribution in [3.8, 4) is 0 Å². The van der Waals surface area contributed by atoms with Gasteiger partial charge in [0.2, 0.25) is 0 Å². The molecule has 0 aliphatic heterocycles. The fraction of sp³-hybridized carbons (Fsp3) is 0.875. The Hall–Kier alpha value is -0.779. The topological polar surface area (TPSA) is 54.0 Å². The van der Waals surface area contributed by atoms with E-state index < -0.39 is 25.0 Å². The third kappa shape index (κ3) is 15.1. The van der Waals surface area contributed by atoms with Gasteiger partial charge in [0, 0.05) is 18.8 Å². The van der Waals surface area contributed by atoms with Crippen LogP contribution < -0.4 is 0 Å². The molecular formula is C56H102O5Si3. The SMILES string of the molecule is CCCCC[C@@H](/C=C/[C@H]1[C@H](C/C=C\CCCC(=O)O[C@H]2CC[C@@]3(C)C(=CC[C@H]4[C@@H]5CC[C@H]([C@H](C)CCCC(C)C)[C@@]5(C)CC[C@@H]43)C2)[C@@H](O[Si](C)(C)C)C[C@H]1O[Si](C)(C)C)O[Si](C)(C)C. The monoisotopic (exact) mass is 939 g/mol. The van der Waals surface area contributed by atoms with Crippen molar-refractivity contribution in [2.45, 2.75) is 253 Å². The second-order valence-electron chi connectivity index (χ2n) is 25.9. The lowest BCUT2D eigenvalue weighted by Gasteiger charge is -2.58. The van der Waals surface area contributed by atoms with Crippen LogP contribution in [0, 0.1) is 58.2 Å². The minimum Gasteiger partial charge on any atom is -0.462 e. The molecule has 0 aromatic carbocycles. The quantitative estimate of drug-likeness (QED) is 0.0418. The molecule has 5 nitrogen and oxygen atoms in total. The van der Waals surface area contributed by atoms with Gasteiger partial charge >= 0.3 is 5.97 Å². The molecule has 5 aliphatic rings. The molecule has 4 fully saturated rings. The zero-order chi connectivity index (χ0) is 47.1. The van der Waals surface area contributed by atoms with Crippen LogP contribution in [0.15, 0.2) is 36.0 Å². The summed E-state index contributed by atoms with van der Waals surface area (Å²) in [6, 6.07) is 0. The summed E-state index contributed by atoms with van der Waals surface area (Å²) in [5, 5.41) is 0. The number of esters is 1. The number of ether oxygens (including phenoxy) is 1.